The number of carbonyl (C=O) groups is 1. The van der Waals surface area contributed by atoms with Crippen LogP contribution in [0.4, 0.5) is 4.39 Å². The first-order valence-corrected chi connectivity index (χ1v) is 5.35. The Balaban J connectivity index is 2.29. The molecule has 1 aliphatic heterocycles. The van der Waals surface area contributed by atoms with Crippen LogP contribution in [-0.4, -0.2) is 36.9 Å². The molecule has 0 unspecified atom stereocenters. The van der Waals surface area contributed by atoms with Gasteiger partial charge in [0.05, 0.1) is 7.11 Å². The summed E-state index contributed by atoms with van der Waals surface area (Å²) in [5.41, 5.74) is -1.56. The summed E-state index contributed by atoms with van der Waals surface area (Å²) in [4.78, 5) is 11.0. The highest BCUT2D eigenvalue weighted by atomic mass is 19.1. The quantitative estimate of drug-likeness (QED) is 0.831. The van der Waals surface area contributed by atoms with Gasteiger partial charge in [-0.3, -0.25) is 0 Å². The number of hydrogen-bond acceptors (Lipinski definition) is 3. The molecule has 1 aromatic carbocycles. The molecule has 4 nitrogen and oxygen atoms in total. The van der Waals surface area contributed by atoms with Gasteiger partial charge < -0.3 is 15.2 Å². The Kier molecular flexibility index (Phi) is 3.02. The molecule has 0 radical (unpaired) electrons. The van der Waals surface area contributed by atoms with Crippen LogP contribution in [0.2, 0.25) is 0 Å². The Morgan fingerprint density at radius 3 is 2.71 bits per heavy atom. The van der Waals surface area contributed by atoms with E-state index in [-0.39, 0.29) is 6.54 Å². The number of alkyl halides is 1. The zero-order valence-electron chi connectivity index (χ0n) is 9.44. The van der Waals surface area contributed by atoms with Crippen molar-refractivity contribution in [3.8, 4) is 5.75 Å². The second kappa shape index (κ2) is 4.33. The van der Waals surface area contributed by atoms with Crippen LogP contribution < -0.4 is 10.1 Å². The van der Waals surface area contributed by atoms with Crippen molar-refractivity contribution < 1.29 is 19.0 Å². The second-order valence-corrected chi connectivity index (χ2v) is 4.12. The smallest absolute Gasteiger partial charge is 0.343 e. The van der Waals surface area contributed by atoms with Crippen LogP contribution in [0.1, 0.15) is 11.5 Å². The lowest BCUT2D eigenvalue weighted by molar-refractivity contribution is -0.150. The topological polar surface area (TPSA) is 58.6 Å². The average molecular weight is 239 g/mol. The van der Waals surface area contributed by atoms with Crippen molar-refractivity contribution in [3.63, 3.8) is 0 Å². The molecule has 1 heterocycles. The lowest BCUT2D eigenvalue weighted by atomic mass is 9.86. The SMILES string of the molecule is COc1ccc([C@@H]2CNC[C@@]2(F)C(=O)O)cc1. The fraction of sp³-hybridized carbons (Fsp3) is 0.417. The Bertz CT molecular complexity index is 420. The number of benzene rings is 1. The summed E-state index contributed by atoms with van der Waals surface area (Å²) in [6.45, 7) is 0.175. The fourth-order valence-corrected chi connectivity index (χ4v) is 2.13. The summed E-state index contributed by atoms with van der Waals surface area (Å²) in [5, 5.41) is 11.7. The van der Waals surface area contributed by atoms with Gasteiger partial charge in [0.25, 0.3) is 0 Å². The van der Waals surface area contributed by atoms with E-state index in [0.717, 1.165) is 0 Å². The van der Waals surface area contributed by atoms with E-state index in [9.17, 15) is 9.18 Å². The number of ether oxygens (including phenoxy) is 1. The van der Waals surface area contributed by atoms with Gasteiger partial charge in [0.1, 0.15) is 5.75 Å². The van der Waals surface area contributed by atoms with E-state index in [2.05, 4.69) is 5.32 Å². The molecule has 1 fully saturated rings. The van der Waals surface area contributed by atoms with Gasteiger partial charge >= 0.3 is 5.97 Å². The van der Waals surface area contributed by atoms with Gasteiger partial charge in [0, 0.05) is 19.0 Å². The second-order valence-electron chi connectivity index (χ2n) is 4.12. The van der Waals surface area contributed by atoms with Crippen LogP contribution in [0.25, 0.3) is 0 Å². The summed E-state index contributed by atoms with van der Waals surface area (Å²) in [5.74, 6) is -1.41. The monoisotopic (exact) mass is 239 g/mol. The van der Waals surface area contributed by atoms with Crippen LogP contribution in [0.3, 0.4) is 0 Å². The molecule has 2 N–H and O–H groups in total. The molecule has 2 atom stereocenters. The largest absolute Gasteiger partial charge is 0.497 e. The van der Waals surface area contributed by atoms with Crippen LogP contribution in [0.15, 0.2) is 24.3 Å². The zero-order valence-corrected chi connectivity index (χ0v) is 9.44. The summed E-state index contributed by atoms with van der Waals surface area (Å²) in [7, 11) is 1.54. The minimum absolute atomic E-state index is 0.154. The molecular weight excluding hydrogens is 225 g/mol. The Labute approximate surface area is 98.4 Å². The van der Waals surface area contributed by atoms with Gasteiger partial charge in [-0.1, -0.05) is 12.1 Å². The molecule has 0 spiro atoms. The van der Waals surface area contributed by atoms with Crippen molar-refractivity contribution in [3.05, 3.63) is 29.8 Å². The summed E-state index contributed by atoms with van der Waals surface area (Å²) >= 11 is 0. The van der Waals surface area contributed by atoms with Crippen molar-refractivity contribution in [2.45, 2.75) is 11.6 Å². The van der Waals surface area contributed by atoms with E-state index in [1.54, 1.807) is 31.4 Å². The average Bonchev–Trinajstić information content (AvgIpc) is 2.73. The van der Waals surface area contributed by atoms with E-state index in [1.807, 2.05) is 0 Å². The number of aliphatic carboxylic acids is 1. The molecule has 0 saturated carbocycles. The Morgan fingerprint density at radius 1 is 1.53 bits per heavy atom. The number of carboxylic acid groups (broad SMARTS) is 1. The lowest BCUT2D eigenvalue weighted by Crippen LogP contribution is -2.40. The Morgan fingerprint density at radius 2 is 2.18 bits per heavy atom. The highest BCUT2D eigenvalue weighted by Crippen LogP contribution is 2.35. The van der Waals surface area contributed by atoms with Crippen molar-refractivity contribution in [1.29, 1.82) is 0 Å². The first-order valence-electron chi connectivity index (χ1n) is 5.35. The third-order valence-electron chi connectivity index (χ3n) is 3.16. The molecule has 1 aliphatic rings. The van der Waals surface area contributed by atoms with Crippen LogP contribution >= 0.6 is 0 Å². The van der Waals surface area contributed by atoms with E-state index < -0.39 is 17.6 Å². The van der Waals surface area contributed by atoms with Gasteiger partial charge in [-0.15, -0.1) is 0 Å². The maximum Gasteiger partial charge on any atom is 0.343 e. The van der Waals surface area contributed by atoms with E-state index in [4.69, 9.17) is 9.84 Å². The number of hydrogen-bond donors (Lipinski definition) is 2. The van der Waals surface area contributed by atoms with Gasteiger partial charge in [-0.25, -0.2) is 9.18 Å². The Hall–Kier alpha value is -1.62. The molecule has 17 heavy (non-hydrogen) atoms. The molecule has 0 amide bonds. The minimum Gasteiger partial charge on any atom is -0.497 e. The maximum atomic E-state index is 14.3. The maximum absolute atomic E-state index is 14.3. The van der Waals surface area contributed by atoms with Gasteiger partial charge in [-0.05, 0) is 17.7 Å². The van der Waals surface area contributed by atoms with Gasteiger partial charge in [0.15, 0.2) is 0 Å². The summed E-state index contributed by atoms with van der Waals surface area (Å²) in [6, 6.07) is 6.81. The lowest BCUT2D eigenvalue weighted by Gasteiger charge is -2.22. The van der Waals surface area contributed by atoms with Gasteiger partial charge in [0.2, 0.25) is 5.67 Å². The summed E-state index contributed by atoms with van der Waals surface area (Å²) in [6.07, 6.45) is 0. The predicted molar refractivity (Wildman–Crippen MR) is 60.1 cm³/mol. The normalized spacial score (nSPS) is 28.0. The summed E-state index contributed by atoms with van der Waals surface area (Å²) < 4.78 is 19.3. The third-order valence-corrected chi connectivity index (χ3v) is 3.16. The standard InChI is InChI=1S/C12H14FNO3/c1-17-9-4-2-8(3-5-9)10-6-14-7-12(10,13)11(15)16/h2-5,10,14H,6-7H2,1H3,(H,15,16)/t10-,12-/m0/s1. The minimum atomic E-state index is -2.23. The first-order chi connectivity index (χ1) is 8.08. The number of rotatable bonds is 3. The fourth-order valence-electron chi connectivity index (χ4n) is 2.13. The van der Waals surface area contributed by atoms with Crippen molar-refractivity contribution >= 4 is 5.97 Å². The number of methoxy groups -OCH3 is 1. The molecule has 0 bridgehead atoms. The first kappa shape index (κ1) is 11.9. The zero-order chi connectivity index (χ0) is 12.5. The highest BCUT2D eigenvalue weighted by Gasteiger charge is 2.50. The van der Waals surface area contributed by atoms with E-state index >= 15 is 0 Å². The third kappa shape index (κ3) is 1.98. The predicted octanol–water partition coefficient (Wildman–Crippen LogP) is 1.17. The number of halogens is 1. The molecule has 1 aromatic rings. The number of nitrogens with one attached hydrogen (secondary N) is 1. The van der Waals surface area contributed by atoms with E-state index in [1.165, 1.54) is 0 Å². The van der Waals surface area contributed by atoms with Gasteiger partial charge in [-0.2, -0.15) is 0 Å². The van der Waals surface area contributed by atoms with Crippen molar-refractivity contribution in [1.82, 2.24) is 5.32 Å². The van der Waals surface area contributed by atoms with Crippen LogP contribution in [0, 0.1) is 0 Å². The van der Waals surface area contributed by atoms with Crippen molar-refractivity contribution in [2.75, 3.05) is 20.2 Å². The molecule has 92 valence electrons. The highest BCUT2D eigenvalue weighted by molar-refractivity contribution is 5.80. The molecule has 0 aliphatic carbocycles. The molecular formula is C12H14FNO3. The van der Waals surface area contributed by atoms with Crippen LogP contribution in [-0.2, 0) is 4.79 Å². The number of carboxylic acids is 1. The van der Waals surface area contributed by atoms with E-state index in [0.29, 0.717) is 17.9 Å². The molecule has 1 saturated heterocycles. The molecule has 5 heteroatoms. The molecule has 2 rings (SSSR count). The van der Waals surface area contributed by atoms with Crippen molar-refractivity contribution in [2.24, 2.45) is 0 Å². The molecule has 0 aromatic heterocycles. The van der Waals surface area contributed by atoms with Crippen LogP contribution in [0.5, 0.6) is 5.75 Å².